The summed E-state index contributed by atoms with van der Waals surface area (Å²) in [6.07, 6.45) is -3.73. The number of nitrogens with one attached hydrogen (secondary N) is 2. The van der Waals surface area contributed by atoms with E-state index in [2.05, 4.69) is 15.8 Å². The van der Waals surface area contributed by atoms with Crippen LogP contribution >= 0.6 is 0 Å². The van der Waals surface area contributed by atoms with Gasteiger partial charge in [0.1, 0.15) is 6.54 Å². The number of nitrogens with zero attached hydrogens (tertiary/aromatic N) is 2. The topological polar surface area (TPSA) is 209 Å². The van der Waals surface area contributed by atoms with Gasteiger partial charge in [-0.1, -0.05) is 5.18 Å². The molecule has 0 aliphatic rings. The molecule has 0 aliphatic carbocycles. The molecule has 0 aliphatic heterocycles. The predicted octanol–water partition coefficient (Wildman–Crippen LogP) is -1.74. The van der Waals surface area contributed by atoms with Gasteiger partial charge in [-0.3, -0.25) is 14.4 Å². The van der Waals surface area contributed by atoms with E-state index in [1.54, 1.807) is 13.8 Å². The van der Waals surface area contributed by atoms with E-state index in [1.807, 2.05) is 0 Å². The van der Waals surface area contributed by atoms with Crippen LogP contribution in [0.1, 0.15) is 44.3 Å². The van der Waals surface area contributed by atoms with Gasteiger partial charge in [0.05, 0.1) is 43.8 Å². The summed E-state index contributed by atoms with van der Waals surface area (Å²) < 4.78 is 0. The molecule has 0 radical (unpaired) electrons. The molecule has 0 saturated heterocycles. The van der Waals surface area contributed by atoms with Crippen LogP contribution in [0.3, 0.4) is 0 Å². The van der Waals surface area contributed by atoms with Gasteiger partial charge in [-0.2, -0.15) is 4.91 Å². The highest BCUT2D eigenvalue weighted by atomic mass is 16.3. The Morgan fingerprint density at radius 2 is 1.29 bits per heavy atom. The lowest BCUT2D eigenvalue weighted by Crippen LogP contribution is -2.40. The van der Waals surface area contributed by atoms with E-state index in [0.717, 1.165) is 4.90 Å². The molecule has 0 spiro atoms. The maximum atomic E-state index is 13.1. The first-order valence-electron chi connectivity index (χ1n) is 10.9. The van der Waals surface area contributed by atoms with Crippen molar-refractivity contribution in [2.75, 3.05) is 44.3 Å². The molecule has 13 heteroatoms. The Morgan fingerprint density at radius 1 is 0.829 bits per heavy atom. The molecule has 0 saturated carbocycles. The Hall–Kier alpha value is -2.97. The third kappa shape index (κ3) is 7.77. The van der Waals surface area contributed by atoms with Gasteiger partial charge in [0.15, 0.2) is 0 Å². The summed E-state index contributed by atoms with van der Waals surface area (Å²) in [6, 6.07) is 0. The first-order chi connectivity index (χ1) is 16.4. The summed E-state index contributed by atoms with van der Waals surface area (Å²) in [5, 5.41) is 55.1. The van der Waals surface area contributed by atoms with Crippen molar-refractivity contribution in [1.82, 2.24) is 10.6 Å². The number of anilines is 1. The second-order valence-electron chi connectivity index (χ2n) is 8.16. The number of nitroso groups, excluding NO2 is 1. The molecule has 35 heavy (non-hydrogen) atoms. The molecule has 0 aromatic heterocycles. The predicted molar refractivity (Wildman–Crippen MR) is 126 cm³/mol. The molecular formula is C22H34N4O9. The summed E-state index contributed by atoms with van der Waals surface area (Å²) in [4.78, 5) is 50.1. The van der Waals surface area contributed by atoms with Crippen molar-refractivity contribution >= 4 is 23.4 Å². The fourth-order valence-electron chi connectivity index (χ4n) is 3.75. The maximum Gasteiger partial charge on any atom is 0.252 e. The second kappa shape index (κ2) is 13.8. The number of amides is 3. The summed E-state index contributed by atoms with van der Waals surface area (Å²) in [5.74, 6) is -1.89. The largest absolute Gasteiger partial charge is 0.394 e. The number of aliphatic hydroxyl groups is 5. The van der Waals surface area contributed by atoms with E-state index in [4.69, 9.17) is 5.11 Å². The smallest absolute Gasteiger partial charge is 0.252 e. The Balaban J connectivity index is 3.70. The number of benzene rings is 1. The third-order valence-corrected chi connectivity index (χ3v) is 5.41. The number of carbonyl (C=O) groups excluding carboxylic acids is 3. The van der Waals surface area contributed by atoms with Crippen LogP contribution in [0, 0.1) is 25.7 Å². The van der Waals surface area contributed by atoms with Gasteiger partial charge in [-0.15, -0.1) is 0 Å². The molecule has 1 aromatic carbocycles. The van der Waals surface area contributed by atoms with Crippen LogP contribution in [0.2, 0.25) is 0 Å². The molecule has 3 unspecified atom stereocenters. The van der Waals surface area contributed by atoms with E-state index < -0.39 is 55.8 Å². The van der Waals surface area contributed by atoms with Gasteiger partial charge in [0.25, 0.3) is 11.8 Å². The minimum Gasteiger partial charge on any atom is -0.394 e. The van der Waals surface area contributed by atoms with Crippen LogP contribution in [0.25, 0.3) is 0 Å². The van der Waals surface area contributed by atoms with E-state index >= 15 is 0 Å². The van der Waals surface area contributed by atoms with Gasteiger partial charge < -0.3 is 41.1 Å². The lowest BCUT2D eigenvalue weighted by Gasteiger charge is -2.30. The Morgan fingerprint density at radius 3 is 1.69 bits per heavy atom. The molecule has 0 fully saturated rings. The molecule has 1 rings (SSSR count). The minimum atomic E-state index is -1.29. The molecule has 13 nitrogen and oxygen atoms in total. The molecule has 0 heterocycles. The van der Waals surface area contributed by atoms with Crippen LogP contribution < -0.4 is 15.5 Å². The standard InChI is InChI=1S/C22H34N4O9/c1-11-18(21(33)23-5-15(30)7-25-35)12(2)20(26(14(4)29)8-17(32)10-28)13(3)19(11)22(34)24-6-16(31)9-27/h15-17,27-28,30-32H,5-10H2,1-4H3,(H,23,33)(H,24,34). The fourth-order valence-corrected chi connectivity index (χ4v) is 3.75. The van der Waals surface area contributed by atoms with Crippen molar-refractivity contribution in [2.24, 2.45) is 5.18 Å². The zero-order valence-electron chi connectivity index (χ0n) is 20.2. The number of hydrogen-bond acceptors (Lipinski definition) is 10. The van der Waals surface area contributed by atoms with Crippen molar-refractivity contribution in [3.63, 3.8) is 0 Å². The highest BCUT2D eigenvalue weighted by Crippen LogP contribution is 2.34. The van der Waals surface area contributed by atoms with Crippen LogP contribution in [0.5, 0.6) is 0 Å². The molecule has 7 N–H and O–H groups in total. The van der Waals surface area contributed by atoms with Crippen molar-refractivity contribution < 1.29 is 39.9 Å². The van der Waals surface area contributed by atoms with Crippen molar-refractivity contribution in [2.45, 2.75) is 46.0 Å². The monoisotopic (exact) mass is 498 g/mol. The summed E-state index contributed by atoms with van der Waals surface area (Å²) in [7, 11) is 0. The number of aliphatic hydroxyl groups excluding tert-OH is 5. The average Bonchev–Trinajstić information content (AvgIpc) is 2.80. The normalized spacial score (nSPS) is 13.5. The molecule has 0 bridgehead atoms. The minimum absolute atomic E-state index is 0.0226. The van der Waals surface area contributed by atoms with Gasteiger partial charge in [0.2, 0.25) is 5.91 Å². The van der Waals surface area contributed by atoms with Gasteiger partial charge in [-0.05, 0) is 37.5 Å². The first kappa shape index (κ1) is 30.1. The summed E-state index contributed by atoms with van der Waals surface area (Å²) >= 11 is 0. The number of carbonyl (C=O) groups is 3. The van der Waals surface area contributed by atoms with Crippen molar-refractivity contribution in [1.29, 1.82) is 0 Å². The summed E-state index contributed by atoms with van der Waals surface area (Å²) in [5.41, 5.74) is 1.07. The van der Waals surface area contributed by atoms with Gasteiger partial charge in [0, 0.05) is 31.1 Å². The van der Waals surface area contributed by atoms with E-state index in [1.165, 1.54) is 13.8 Å². The van der Waals surface area contributed by atoms with E-state index in [9.17, 15) is 39.7 Å². The number of hydrogen-bond donors (Lipinski definition) is 7. The lowest BCUT2D eigenvalue weighted by atomic mass is 9.89. The quantitative estimate of drug-likeness (QED) is 0.154. The molecular weight excluding hydrogens is 464 g/mol. The SMILES string of the molecule is CC(=O)N(CC(O)CO)c1c(C)c(C(=O)NCC(O)CO)c(C)c(C(=O)NCC(O)CN=O)c1C. The Bertz CT molecular complexity index is 938. The van der Waals surface area contributed by atoms with Gasteiger partial charge >= 0.3 is 0 Å². The van der Waals surface area contributed by atoms with E-state index in [-0.39, 0.29) is 42.0 Å². The second-order valence-corrected chi connectivity index (χ2v) is 8.16. The first-order valence-corrected chi connectivity index (χ1v) is 10.9. The third-order valence-electron chi connectivity index (χ3n) is 5.41. The zero-order valence-corrected chi connectivity index (χ0v) is 20.2. The van der Waals surface area contributed by atoms with Gasteiger partial charge in [-0.25, -0.2) is 0 Å². The Kier molecular flexibility index (Phi) is 11.9. The highest BCUT2D eigenvalue weighted by Gasteiger charge is 2.30. The lowest BCUT2D eigenvalue weighted by molar-refractivity contribution is -0.117. The maximum absolute atomic E-state index is 13.1. The molecule has 1 aromatic rings. The van der Waals surface area contributed by atoms with Crippen LogP contribution in [-0.4, -0.2) is 101 Å². The van der Waals surface area contributed by atoms with Crippen molar-refractivity contribution in [3.05, 3.63) is 32.7 Å². The zero-order chi connectivity index (χ0) is 26.9. The Labute approximate surface area is 202 Å². The summed E-state index contributed by atoms with van der Waals surface area (Å²) in [6.45, 7) is 3.31. The molecule has 3 amide bonds. The van der Waals surface area contributed by atoms with Crippen LogP contribution in [0.15, 0.2) is 5.18 Å². The van der Waals surface area contributed by atoms with Crippen LogP contribution in [-0.2, 0) is 4.79 Å². The fraction of sp³-hybridized carbons (Fsp3) is 0.591. The molecule has 196 valence electrons. The highest BCUT2D eigenvalue weighted by molar-refractivity contribution is 6.08. The number of rotatable bonds is 13. The van der Waals surface area contributed by atoms with Crippen LogP contribution in [0.4, 0.5) is 5.69 Å². The average molecular weight is 499 g/mol. The molecule has 3 atom stereocenters. The van der Waals surface area contributed by atoms with E-state index in [0.29, 0.717) is 11.1 Å². The van der Waals surface area contributed by atoms with Crippen molar-refractivity contribution in [3.8, 4) is 0 Å².